The minimum atomic E-state index is 0.492. The van der Waals surface area contributed by atoms with E-state index in [1.165, 1.54) is 89.9 Å². The molecule has 4 atom stereocenters. The summed E-state index contributed by atoms with van der Waals surface area (Å²) in [6, 6.07) is 0. The molecule has 0 saturated heterocycles. The first-order valence-electron chi connectivity index (χ1n) is 13.1. The molecule has 30 heavy (non-hydrogen) atoms. The van der Waals surface area contributed by atoms with Crippen molar-refractivity contribution < 1.29 is 9.47 Å². The first-order chi connectivity index (χ1) is 14.7. The van der Waals surface area contributed by atoms with Gasteiger partial charge in [0, 0.05) is 14.2 Å². The molecule has 2 heteroatoms. The second kappa shape index (κ2) is 19.1. The summed E-state index contributed by atoms with van der Waals surface area (Å²) in [5.74, 6) is 1.75. The van der Waals surface area contributed by atoms with Crippen molar-refractivity contribution in [2.24, 2.45) is 11.8 Å². The predicted molar refractivity (Wildman–Crippen MR) is 132 cm³/mol. The van der Waals surface area contributed by atoms with Gasteiger partial charge in [0.25, 0.3) is 0 Å². The van der Waals surface area contributed by atoms with Gasteiger partial charge in [-0.25, -0.2) is 0 Å². The van der Waals surface area contributed by atoms with E-state index < -0.39 is 0 Å². The third-order valence-corrected chi connectivity index (χ3v) is 6.99. The van der Waals surface area contributed by atoms with Crippen LogP contribution in [0, 0.1) is 11.8 Å². The molecule has 0 amide bonds. The van der Waals surface area contributed by atoms with Crippen LogP contribution >= 0.6 is 0 Å². The highest BCUT2D eigenvalue weighted by Gasteiger charge is 2.10. The van der Waals surface area contributed by atoms with E-state index in [1.54, 1.807) is 0 Å². The predicted octanol–water partition coefficient (Wildman–Crippen LogP) is 8.66. The Hall–Kier alpha value is -0.600. The Labute approximate surface area is 188 Å². The number of allylic oxidation sites excluding steroid dienone is 4. The van der Waals surface area contributed by atoms with Crippen molar-refractivity contribution in [1.29, 1.82) is 0 Å². The Kier molecular flexibility index (Phi) is 17.5. The van der Waals surface area contributed by atoms with Gasteiger partial charge in [0.1, 0.15) is 0 Å². The lowest BCUT2D eigenvalue weighted by molar-refractivity contribution is 0.0894. The second-order valence-electron chi connectivity index (χ2n) is 9.34. The van der Waals surface area contributed by atoms with E-state index in [0.29, 0.717) is 12.2 Å². The van der Waals surface area contributed by atoms with Crippen molar-refractivity contribution in [3.05, 3.63) is 24.3 Å². The second-order valence-corrected chi connectivity index (χ2v) is 9.34. The highest BCUT2D eigenvalue weighted by molar-refractivity contribution is 4.93. The SMILES string of the molecule is CCC(CCCCC1C=CCCC1)OC.CCC(CCCCC1C=CCCC1)OC. The van der Waals surface area contributed by atoms with E-state index in [2.05, 4.69) is 38.2 Å². The Bertz CT molecular complexity index is 380. The number of unbranched alkanes of at least 4 members (excludes halogenated alkanes) is 2. The number of hydrogen-bond acceptors (Lipinski definition) is 2. The van der Waals surface area contributed by atoms with Gasteiger partial charge in [-0.05, 0) is 88.9 Å². The van der Waals surface area contributed by atoms with Crippen LogP contribution in [0.15, 0.2) is 24.3 Å². The lowest BCUT2D eigenvalue weighted by Gasteiger charge is -2.17. The molecule has 176 valence electrons. The number of methoxy groups -OCH3 is 2. The molecule has 0 aliphatic heterocycles. The van der Waals surface area contributed by atoms with Gasteiger partial charge >= 0.3 is 0 Å². The van der Waals surface area contributed by atoms with Gasteiger partial charge in [-0.3, -0.25) is 0 Å². The van der Waals surface area contributed by atoms with Crippen molar-refractivity contribution in [3.63, 3.8) is 0 Å². The third-order valence-electron chi connectivity index (χ3n) is 6.99. The molecule has 2 aliphatic carbocycles. The molecule has 2 rings (SSSR count). The summed E-state index contributed by atoms with van der Waals surface area (Å²) in [5, 5.41) is 0. The average molecular weight is 421 g/mol. The Morgan fingerprint density at radius 1 is 0.700 bits per heavy atom. The lowest BCUT2D eigenvalue weighted by atomic mass is 9.91. The molecule has 2 nitrogen and oxygen atoms in total. The molecule has 0 saturated carbocycles. The molecule has 0 N–H and O–H groups in total. The minimum Gasteiger partial charge on any atom is -0.381 e. The van der Waals surface area contributed by atoms with E-state index in [9.17, 15) is 0 Å². The van der Waals surface area contributed by atoms with Gasteiger partial charge in [-0.1, -0.05) is 63.8 Å². The van der Waals surface area contributed by atoms with Crippen molar-refractivity contribution in [2.75, 3.05) is 14.2 Å². The minimum absolute atomic E-state index is 0.492. The van der Waals surface area contributed by atoms with Gasteiger partial charge in [0.05, 0.1) is 12.2 Å². The average Bonchev–Trinajstić information content (AvgIpc) is 2.81. The maximum Gasteiger partial charge on any atom is 0.0568 e. The number of ether oxygens (including phenoxy) is 2. The summed E-state index contributed by atoms with van der Waals surface area (Å²) in [5.41, 5.74) is 0. The van der Waals surface area contributed by atoms with Crippen LogP contribution in [0.5, 0.6) is 0 Å². The molecular formula is C28H52O2. The smallest absolute Gasteiger partial charge is 0.0568 e. The van der Waals surface area contributed by atoms with Crippen LogP contribution in [0.2, 0.25) is 0 Å². The van der Waals surface area contributed by atoms with Crippen LogP contribution in [0.1, 0.15) is 117 Å². The fourth-order valence-electron chi connectivity index (χ4n) is 4.78. The topological polar surface area (TPSA) is 18.5 Å². The van der Waals surface area contributed by atoms with Crippen molar-refractivity contribution in [3.8, 4) is 0 Å². The highest BCUT2D eigenvalue weighted by Crippen LogP contribution is 2.24. The maximum atomic E-state index is 5.38. The van der Waals surface area contributed by atoms with Gasteiger partial charge in [0.15, 0.2) is 0 Å². The van der Waals surface area contributed by atoms with E-state index in [1.807, 2.05) is 14.2 Å². The number of hydrogen-bond donors (Lipinski definition) is 0. The molecule has 0 aromatic carbocycles. The van der Waals surface area contributed by atoms with Crippen LogP contribution in [-0.2, 0) is 9.47 Å². The molecule has 0 spiro atoms. The zero-order valence-corrected chi connectivity index (χ0v) is 20.7. The van der Waals surface area contributed by atoms with E-state index in [0.717, 1.165) is 24.7 Å². The van der Waals surface area contributed by atoms with E-state index >= 15 is 0 Å². The Balaban J connectivity index is 0.000000300. The summed E-state index contributed by atoms with van der Waals surface area (Å²) in [4.78, 5) is 0. The summed E-state index contributed by atoms with van der Waals surface area (Å²) in [6.07, 6.45) is 31.8. The summed E-state index contributed by atoms with van der Waals surface area (Å²) in [6.45, 7) is 4.41. The Morgan fingerprint density at radius 3 is 1.43 bits per heavy atom. The van der Waals surface area contributed by atoms with Gasteiger partial charge < -0.3 is 9.47 Å². The largest absolute Gasteiger partial charge is 0.381 e. The van der Waals surface area contributed by atoms with Crippen LogP contribution in [-0.4, -0.2) is 26.4 Å². The molecule has 0 heterocycles. The van der Waals surface area contributed by atoms with E-state index in [-0.39, 0.29) is 0 Å². The zero-order valence-electron chi connectivity index (χ0n) is 20.7. The van der Waals surface area contributed by atoms with Crippen LogP contribution < -0.4 is 0 Å². The van der Waals surface area contributed by atoms with Crippen molar-refractivity contribution in [2.45, 2.75) is 129 Å². The molecule has 2 aliphatic rings. The zero-order chi connectivity index (χ0) is 21.9. The fourth-order valence-corrected chi connectivity index (χ4v) is 4.78. The summed E-state index contributed by atoms with van der Waals surface area (Å²) < 4.78 is 10.8. The van der Waals surface area contributed by atoms with Crippen LogP contribution in [0.25, 0.3) is 0 Å². The van der Waals surface area contributed by atoms with Gasteiger partial charge in [-0.2, -0.15) is 0 Å². The molecule has 0 radical (unpaired) electrons. The first-order valence-corrected chi connectivity index (χ1v) is 13.1. The monoisotopic (exact) mass is 420 g/mol. The van der Waals surface area contributed by atoms with Gasteiger partial charge in [0.2, 0.25) is 0 Å². The van der Waals surface area contributed by atoms with Gasteiger partial charge in [-0.15, -0.1) is 0 Å². The summed E-state index contributed by atoms with van der Waals surface area (Å²) >= 11 is 0. The maximum absolute atomic E-state index is 5.38. The molecule has 0 aromatic rings. The third kappa shape index (κ3) is 13.7. The molecule has 0 bridgehead atoms. The molecule has 0 fully saturated rings. The quantitative estimate of drug-likeness (QED) is 0.207. The lowest BCUT2D eigenvalue weighted by Crippen LogP contribution is -2.08. The molecular weight excluding hydrogens is 368 g/mol. The normalized spacial score (nSPS) is 22.9. The Morgan fingerprint density at radius 2 is 1.13 bits per heavy atom. The standard InChI is InChI=1S/2C14H26O/c2*1-3-14(15-2)12-8-7-11-13-9-5-4-6-10-13/h2*5,9,13-14H,3-4,6-8,10-12H2,1-2H3. The van der Waals surface area contributed by atoms with Crippen molar-refractivity contribution in [1.82, 2.24) is 0 Å². The van der Waals surface area contributed by atoms with E-state index in [4.69, 9.17) is 9.47 Å². The highest BCUT2D eigenvalue weighted by atomic mass is 16.5. The first kappa shape index (κ1) is 27.4. The van der Waals surface area contributed by atoms with Crippen LogP contribution in [0.4, 0.5) is 0 Å². The van der Waals surface area contributed by atoms with Crippen molar-refractivity contribution >= 4 is 0 Å². The molecule has 4 unspecified atom stereocenters. The van der Waals surface area contributed by atoms with Crippen LogP contribution in [0.3, 0.4) is 0 Å². The molecule has 0 aromatic heterocycles. The summed E-state index contributed by atoms with van der Waals surface area (Å²) in [7, 11) is 3.66. The number of rotatable bonds is 14. The fraction of sp³-hybridized carbons (Fsp3) is 0.857.